The lowest BCUT2D eigenvalue weighted by atomic mass is 9.96. The maximum absolute atomic E-state index is 14.7. The van der Waals surface area contributed by atoms with Gasteiger partial charge in [-0.25, -0.2) is 4.39 Å². The number of rotatable bonds is 11. The van der Waals surface area contributed by atoms with Gasteiger partial charge in [-0.05, 0) is 102 Å². The summed E-state index contributed by atoms with van der Waals surface area (Å²) >= 11 is 12.8. The van der Waals surface area contributed by atoms with E-state index in [0.717, 1.165) is 4.90 Å². The lowest BCUT2D eigenvalue weighted by Gasteiger charge is -2.37. The van der Waals surface area contributed by atoms with Crippen molar-refractivity contribution in [3.05, 3.63) is 33.8 Å². The number of alkyl halides is 4. The van der Waals surface area contributed by atoms with E-state index in [4.69, 9.17) is 23.2 Å². The van der Waals surface area contributed by atoms with E-state index in [9.17, 15) is 56.2 Å². The number of carbonyl (C=O) groups is 7. The molecule has 1 aliphatic carbocycles. The Morgan fingerprint density at radius 3 is 2.29 bits per heavy atom. The Kier molecular flexibility index (Phi) is 16.9. The number of likely N-dealkylation sites (N-methyl/N-ethyl adjacent to an activating group) is 2. The van der Waals surface area contributed by atoms with Crippen LogP contribution < -0.4 is 21.3 Å². The molecule has 63 heavy (non-hydrogen) atoms. The van der Waals surface area contributed by atoms with Gasteiger partial charge in [0.25, 0.3) is 5.91 Å². The number of nitrogens with one attached hydrogen (secondary N) is 4. The van der Waals surface area contributed by atoms with Gasteiger partial charge in [0.05, 0.1) is 6.54 Å². The molecule has 0 unspecified atom stereocenters. The molecule has 7 atom stereocenters. The first-order chi connectivity index (χ1) is 29.2. The fourth-order valence-electron chi connectivity index (χ4n) is 7.87. The molecule has 3 aliphatic rings. The van der Waals surface area contributed by atoms with E-state index < -0.39 is 114 Å². The first kappa shape index (κ1) is 51.4. The van der Waals surface area contributed by atoms with Crippen LogP contribution in [-0.4, -0.2) is 142 Å². The summed E-state index contributed by atoms with van der Waals surface area (Å²) in [6.45, 7) is 7.76. The molecular weight excluding hydrogens is 877 g/mol. The third-order valence-electron chi connectivity index (χ3n) is 11.8. The highest BCUT2D eigenvalue weighted by Crippen LogP contribution is 2.36. The molecule has 15 nitrogen and oxygen atoms in total. The van der Waals surface area contributed by atoms with E-state index in [1.165, 1.54) is 25.8 Å². The van der Waals surface area contributed by atoms with Gasteiger partial charge in [0.2, 0.25) is 41.0 Å². The number of likely N-dealkylation sites (tertiary alicyclic amines) is 1. The summed E-state index contributed by atoms with van der Waals surface area (Å²) in [4.78, 5) is 100. The first-order valence-corrected chi connectivity index (χ1v) is 21.9. The molecule has 21 heteroatoms. The van der Waals surface area contributed by atoms with Gasteiger partial charge < -0.3 is 41.1 Å². The molecule has 0 bridgehead atoms. The summed E-state index contributed by atoms with van der Waals surface area (Å²) < 4.78 is 55.5. The lowest BCUT2D eigenvalue weighted by Crippen LogP contribution is -2.63. The molecule has 2 aliphatic heterocycles. The maximum atomic E-state index is 14.7. The van der Waals surface area contributed by atoms with Crippen molar-refractivity contribution in [2.75, 3.05) is 26.7 Å². The van der Waals surface area contributed by atoms with Crippen molar-refractivity contribution in [1.82, 2.24) is 36.0 Å². The molecule has 5 N–H and O–H groups in total. The van der Waals surface area contributed by atoms with E-state index in [1.54, 1.807) is 25.1 Å². The van der Waals surface area contributed by atoms with Gasteiger partial charge in [-0.1, -0.05) is 37.0 Å². The van der Waals surface area contributed by atoms with Crippen LogP contribution in [0.15, 0.2) is 18.2 Å². The van der Waals surface area contributed by atoms with Crippen molar-refractivity contribution >= 4 is 64.6 Å². The van der Waals surface area contributed by atoms with Gasteiger partial charge >= 0.3 is 6.18 Å². The highest BCUT2D eigenvalue weighted by atomic mass is 35.5. The van der Waals surface area contributed by atoms with Crippen LogP contribution >= 0.6 is 23.2 Å². The van der Waals surface area contributed by atoms with Crippen LogP contribution in [0.25, 0.3) is 0 Å². The van der Waals surface area contributed by atoms with Gasteiger partial charge in [0.1, 0.15) is 41.9 Å². The summed E-state index contributed by atoms with van der Waals surface area (Å²) in [5.74, 6) is -6.99. The predicted octanol–water partition coefficient (Wildman–Crippen LogP) is 3.45. The van der Waals surface area contributed by atoms with Gasteiger partial charge in [0.15, 0.2) is 0 Å². The van der Waals surface area contributed by atoms with Crippen LogP contribution in [0.2, 0.25) is 10.0 Å². The fourth-order valence-corrected chi connectivity index (χ4v) is 8.26. The number of aliphatic hydroxyl groups is 1. The number of amides is 7. The number of halogens is 6. The smallest absolute Gasteiger partial charge is 0.373 e. The molecule has 0 spiro atoms. The van der Waals surface area contributed by atoms with Crippen molar-refractivity contribution in [2.24, 2.45) is 11.8 Å². The number of hydrogen-bond acceptors (Lipinski definition) is 8. The van der Waals surface area contributed by atoms with Crippen molar-refractivity contribution in [3.63, 3.8) is 0 Å². The second-order valence-corrected chi connectivity index (χ2v) is 18.6. The lowest BCUT2D eigenvalue weighted by molar-refractivity contribution is -0.250. The Hall–Kier alpha value is -4.23. The average Bonchev–Trinajstić information content (AvgIpc) is 3.96. The summed E-state index contributed by atoms with van der Waals surface area (Å²) in [5.41, 5.74) is -4.92. The zero-order valence-electron chi connectivity index (χ0n) is 36.5. The van der Waals surface area contributed by atoms with E-state index in [0.29, 0.717) is 34.7 Å². The Labute approximate surface area is 374 Å². The molecule has 1 aromatic carbocycles. The molecule has 2 saturated heterocycles. The third kappa shape index (κ3) is 12.5. The summed E-state index contributed by atoms with van der Waals surface area (Å²) in [6.07, 6.45) is -6.50. The number of nitrogens with zero attached hydrogens (tertiary/aromatic N) is 3. The first-order valence-electron chi connectivity index (χ1n) is 21.2. The van der Waals surface area contributed by atoms with Crippen molar-refractivity contribution < 1.29 is 56.2 Å². The van der Waals surface area contributed by atoms with Gasteiger partial charge in [-0.3, -0.25) is 33.6 Å². The van der Waals surface area contributed by atoms with Gasteiger partial charge in [-0.15, -0.1) is 0 Å². The number of hydrogen-bond donors (Lipinski definition) is 5. The van der Waals surface area contributed by atoms with Crippen molar-refractivity contribution in [2.45, 2.75) is 147 Å². The summed E-state index contributed by atoms with van der Waals surface area (Å²) in [7, 11) is 1.33. The largest absolute Gasteiger partial charge is 0.426 e. The zero-order valence-corrected chi connectivity index (χ0v) is 38.1. The molecule has 7 amide bonds. The minimum atomic E-state index is -5.43. The molecule has 0 aromatic heterocycles. The van der Waals surface area contributed by atoms with Crippen LogP contribution in [0.5, 0.6) is 0 Å². The molecule has 2 heterocycles. The number of carbonyl (C=O) groups excluding carboxylic acids is 7. The Bertz CT molecular complexity index is 1900. The van der Waals surface area contributed by atoms with Gasteiger partial charge in [0, 0.05) is 43.0 Å². The Morgan fingerprint density at radius 2 is 1.70 bits per heavy atom. The second-order valence-electron chi connectivity index (χ2n) is 17.8. The Morgan fingerprint density at radius 1 is 1.05 bits per heavy atom. The van der Waals surface area contributed by atoms with Crippen LogP contribution in [-0.2, 0) is 40.0 Å². The summed E-state index contributed by atoms with van der Waals surface area (Å²) in [5, 5.41) is 21.6. The fraction of sp³-hybridized carbons (Fsp3) is 0.690. The molecule has 1 aromatic rings. The van der Waals surface area contributed by atoms with E-state index in [1.807, 2.05) is 13.8 Å². The zero-order chi connectivity index (χ0) is 47.4. The summed E-state index contributed by atoms with van der Waals surface area (Å²) in [6, 6.07) is -2.16. The molecule has 1 saturated carbocycles. The van der Waals surface area contributed by atoms with Crippen molar-refractivity contribution in [1.29, 1.82) is 0 Å². The minimum absolute atomic E-state index is 0.0162. The van der Waals surface area contributed by atoms with Gasteiger partial charge in [-0.2, -0.15) is 13.2 Å². The second kappa shape index (κ2) is 20.7. The highest BCUT2D eigenvalue weighted by Gasteiger charge is 2.59. The monoisotopic (exact) mass is 935 g/mol. The normalized spacial score (nSPS) is 25.7. The third-order valence-corrected chi connectivity index (χ3v) is 12.4. The molecular formula is C42H59Cl2F4N7O8. The van der Waals surface area contributed by atoms with Crippen LogP contribution in [0, 0.1) is 11.8 Å². The van der Waals surface area contributed by atoms with E-state index in [-0.39, 0.29) is 56.6 Å². The van der Waals surface area contributed by atoms with Crippen LogP contribution in [0.4, 0.5) is 17.6 Å². The molecule has 352 valence electrons. The maximum Gasteiger partial charge on any atom is 0.426 e. The van der Waals surface area contributed by atoms with E-state index in [2.05, 4.69) is 21.3 Å². The van der Waals surface area contributed by atoms with Crippen LogP contribution in [0.1, 0.15) is 92.1 Å². The highest BCUT2D eigenvalue weighted by molar-refractivity contribution is 6.33. The number of benzene rings is 1. The SMILES string of the molecule is CCN1C(=O)[C@H](CC(C)C)NC(=O)[C@@H](N(C)C(=O)[C@@H](NC(=O)[C@@H]2C[C@@H](F)CN2C(=O)[C@@](C)(O)C(F)(F)F)C2CC2)CCCCNC(=O)C(C)(C)NC(=O)[C@@H]1Cc1cc(Cl)ccc1Cl. The molecule has 0 radical (unpaired) electrons. The quantitative estimate of drug-likeness (QED) is 0.208. The van der Waals surface area contributed by atoms with Crippen LogP contribution in [0.3, 0.4) is 0 Å². The topological polar surface area (TPSA) is 198 Å². The van der Waals surface area contributed by atoms with E-state index >= 15 is 0 Å². The molecule has 4 rings (SSSR count). The minimum Gasteiger partial charge on any atom is -0.373 e. The van der Waals surface area contributed by atoms with Crippen molar-refractivity contribution in [3.8, 4) is 0 Å². The standard InChI is InChI=1S/C42H59Cl2F4N7O8/c1-8-54-30(19-24-18-25(43)14-15-27(24)44)35(58)52-40(4,5)38(61)49-16-10-9-11-29(33(56)50-28(36(54)59)17-22(2)3)53(7)37(60)32(23-12-13-23)51-34(57)31-20-26(45)21-55(31)39(62)41(6,63)42(46,47)48/h14-15,18,22-23,26,28-32,63H,8-13,16-17,19-21H2,1-7H3,(H,49,61)(H,50,56)(H,51,57)(H,52,58)/t26-,28+,29+,30+,31+,32+,41-/m1/s1. The molecule has 3 fully saturated rings. The average molecular weight is 937 g/mol. The Balaban J connectivity index is 1.68. The predicted molar refractivity (Wildman–Crippen MR) is 225 cm³/mol.